The first-order valence-corrected chi connectivity index (χ1v) is 8.43. The van der Waals surface area contributed by atoms with Crippen molar-refractivity contribution in [3.8, 4) is 0 Å². The van der Waals surface area contributed by atoms with Crippen molar-refractivity contribution in [1.82, 2.24) is 25.4 Å². The van der Waals surface area contributed by atoms with E-state index in [-0.39, 0.29) is 5.41 Å². The summed E-state index contributed by atoms with van der Waals surface area (Å²) in [4.78, 5) is 4.30. The van der Waals surface area contributed by atoms with Gasteiger partial charge in [0.2, 0.25) is 0 Å². The normalized spacial score (nSPS) is 12.2. The molecule has 0 aliphatic rings. The number of nitrogens with zero attached hydrogens (tertiary/aromatic N) is 4. The molecule has 0 aliphatic carbocycles. The van der Waals surface area contributed by atoms with Gasteiger partial charge in [0.15, 0.2) is 5.96 Å². The van der Waals surface area contributed by atoms with Gasteiger partial charge < -0.3 is 15.2 Å². The fourth-order valence-electron chi connectivity index (χ4n) is 2.55. The lowest BCUT2D eigenvalue weighted by Crippen LogP contribution is -2.44. The molecule has 24 heavy (non-hydrogen) atoms. The molecule has 2 N–H and O–H groups in total. The third kappa shape index (κ3) is 4.81. The van der Waals surface area contributed by atoms with Crippen molar-refractivity contribution in [3.05, 3.63) is 48.0 Å². The molecule has 2 rings (SSSR count). The van der Waals surface area contributed by atoms with E-state index in [0.29, 0.717) is 0 Å². The molecule has 6 heteroatoms. The molecule has 2 aromatic rings. The zero-order valence-electron chi connectivity index (χ0n) is 15.1. The van der Waals surface area contributed by atoms with Gasteiger partial charge in [-0.3, -0.25) is 4.99 Å². The van der Waals surface area contributed by atoms with Gasteiger partial charge in [-0.1, -0.05) is 51.1 Å². The smallest absolute Gasteiger partial charge is 0.191 e. The molecule has 130 valence electrons. The number of aryl methyl sites for hydroxylation is 1. The average molecular weight is 328 g/mol. The van der Waals surface area contributed by atoms with Gasteiger partial charge in [0.1, 0.15) is 12.2 Å². The number of rotatable bonds is 7. The van der Waals surface area contributed by atoms with Gasteiger partial charge >= 0.3 is 0 Å². The molecule has 0 bridgehead atoms. The first-order chi connectivity index (χ1) is 11.6. The topological polar surface area (TPSA) is 67.1 Å². The van der Waals surface area contributed by atoms with Crippen LogP contribution >= 0.6 is 0 Å². The van der Waals surface area contributed by atoms with Gasteiger partial charge in [0.25, 0.3) is 0 Å². The van der Waals surface area contributed by atoms with Crippen molar-refractivity contribution in [2.45, 2.75) is 39.2 Å². The Bertz CT molecular complexity index is 645. The van der Waals surface area contributed by atoms with E-state index in [4.69, 9.17) is 0 Å². The van der Waals surface area contributed by atoms with Crippen LogP contribution in [-0.4, -0.2) is 40.9 Å². The summed E-state index contributed by atoms with van der Waals surface area (Å²) < 4.78 is 2.06. The summed E-state index contributed by atoms with van der Waals surface area (Å²) in [5, 5.41) is 14.8. The molecule has 0 fully saturated rings. The number of aliphatic imine (C=N–C) groups is 1. The van der Waals surface area contributed by atoms with Crippen LogP contribution in [0.3, 0.4) is 0 Å². The predicted molar refractivity (Wildman–Crippen MR) is 98.2 cm³/mol. The van der Waals surface area contributed by atoms with Crippen LogP contribution in [0.4, 0.5) is 0 Å². The van der Waals surface area contributed by atoms with Gasteiger partial charge in [-0.05, 0) is 5.56 Å². The van der Waals surface area contributed by atoms with E-state index < -0.39 is 0 Å². The maximum Gasteiger partial charge on any atom is 0.191 e. The highest BCUT2D eigenvalue weighted by Gasteiger charge is 2.20. The molecule has 1 aromatic heterocycles. The Labute approximate surface area is 144 Å². The number of hydrogen-bond donors (Lipinski definition) is 2. The van der Waals surface area contributed by atoms with Crippen LogP contribution in [0.25, 0.3) is 0 Å². The molecule has 1 aromatic carbocycles. The maximum atomic E-state index is 4.30. The summed E-state index contributed by atoms with van der Waals surface area (Å²) in [6.45, 7) is 8.94. The van der Waals surface area contributed by atoms with Crippen molar-refractivity contribution in [1.29, 1.82) is 0 Å². The van der Waals surface area contributed by atoms with Crippen LogP contribution < -0.4 is 10.6 Å². The Hall–Kier alpha value is -2.37. The second kappa shape index (κ2) is 8.47. The van der Waals surface area contributed by atoms with E-state index >= 15 is 0 Å². The fraction of sp³-hybridized carbons (Fsp3) is 0.500. The number of benzene rings is 1. The standard InChI is InChI=1S/C18H28N6/c1-5-16-23-22-14-24(16)12-11-20-17(19-4)21-13-18(2,3)15-9-7-6-8-10-15/h6-10,14H,5,11-13H2,1-4H3,(H2,19,20,21). The largest absolute Gasteiger partial charge is 0.356 e. The minimum atomic E-state index is 0.0303. The van der Waals surface area contributed by atoms with Gasteiger partial charge in [-0.25, -0.2) is 0 Å². The number of guanidine groups is 1. The molecular weight excluding hydrogens is 300 g/mol. The Morgan fingerprint density at radius 2 is 1.96 bits per heavy atom. The van der Waals surface area contributed by atoms with Crippen molar-refractivity contribution in [2.75, 3.05) is 20.1 Å². The third-order valence-corrected chi connectivity index (χ3v) is 4.13. The van der Waals surface area contributed by atoms with Crippen LogP contribution in [0, 0.1) is 0 Å². The van der Waals surface area contributed by atoms with Crippen molar-refractivity contribution >= 4 is 5.96 Å². The Morgan fingerprint density at radius 1 is 1.21 bits per heavy atom. The lowest BCUT2D eigenvalue weighted by molar-refractivity contribution is 0.507. The van der Waals surface area contributed by atoms with E-state index in [1.165, 1.54) is 5.56 Å². The number of nitrogens with one attached hydrogen (secondary N) is 2. The van der Waals surface area contributed by atoms with Crippen molar-refractivity contribution in [2.24, 2.45) is 4.99 Å². The average Bonchev–Trinajstić information content (AvgIpc) is 3.06. The van der Waals surface area contributed by atoms with E-state index in [1.807, 2.05) is 6.07 Å². The first kappa shape index (κ1) is 18.0. The summed E-state index contributed by atoms with van der Waals surface area (Å²) in [5.41, 5.74) is 1.34. The van der Waals surface area contributed by atoms with Gasteiger partial charge in [0.05, 0.1) is 0 Å². The highest BCUT2D eigenvalue weighted by Crippen LogP contribution is 2.21. The van der Waals surface area contributed by atoms with Gasteiger partial charge in [0, 0.05) is 38.5 Å². The molecule has 0 saturated heterocycles. The summed E-state index contributed by atoms with van der Waals surface area (Å²) in [5.74, 6) is 1.81. The van der Waals surface area contributed by atoms with E-state index in [2.05, 4.69) is 75.4 Å². The molecule has 0 unspecified atom stereocenters. The van der Waals surface area contributed by atoms with E-state index in [0.717, 1.165) is 37.8 Å². The monoisotopic (exact) mass is 328 g/mol. The molecule has 0 atom stereocenters. The highest BCUT2D eigenvalue weighted by atomic mass is 15.3. The van der Waals surface area contributed by atoms with Crippen LogP contribution in [0.1, 0.15) is 32.2 Å². The zero-order chi connectivity index (χ0) is 17.4. The lowest BCUT2D eigenvalue weighted by Gasteiger charge is -2.26. The molecule has 0 saturated carbocycles. The molecule has 0 radical (unpaired) electrons. The van der Waals surface area contributed by atoms with Crippen LogP contribution in [0.5, 0.6) is 0 Å². The molecular formula is C18H28N6. The zero-order valence-corrected chi connectivity index (χ0v) is 15.1. The summed E-state index contributed by atoms with van der Waals surface area (Å²) in [6.07, 6.45) is 2.66. The van der Waals surface area contributed by atoms with Crippen LogP contribution in [-0.2, 0) is 18.4 Å². The Balaban J connectivity index is 1.82. The summed E-state index contributed by atoms with van der Waals surface area (Å²) in [6, 6.07) is 10.5. The van der Waals surface area contributed by atoms with Crippen molar-refractivity contribution < 1.29 is 0 Å². The number of hydrogen-bond acceptors (Lipinski definition) is 3. The first-order valence-electron chi connectivity index (χ1n) is 8.43. The highest BCUT2D eigenvalue weighted by molar-refractivity contribution is 5.79. The second-order valence-corrected chi connectivity index (χ2v) is 6.40. The summed E-state index contributed by atoms with van der Waals surface area (Å²) in [7, 11) is 1.79. The number of aromatic nitrogens is 3. The lowest BCUT2D eigenvalue weighted by atomic mass is 9.85. The quantitative estimate of drug-likeness (QED) is 0.602. The summed E-state index contributed by atoms with van der Waals surface area (Å²) >= 11 is 0. The predicted octanol–water partition coefficient (Wildman–Crippen LogP) is 1.98. The fourth-order valence-corrected chi connectivity index (χ4v) is 2.55. The second-order valence-electron chi connectivity index (χ2n) is 6.40. The third-order valence-electron chi connectivity index (χ3n) is 4.13. The minimum Gasteiger partial charge on any atom is -0.356 e. The van der Waals surface area contributed by atoms with Crippen LogP contribution in [0.15, 0.2) is 41.7 Å². The van der Waals surface area contributed by atoms with Gasteiger partial charge in [-0.15, -0.1) is 10.2 Å². The SMILES string of the molecule is CCc1nncn1CCNC(=NC)NCC(C)(C)c1ccccc1. The molecule has 0 amide bonds. The molecule has 1 heterocycles. The van der Waals surface area contributed by atoms with E-state index in [9.17, 15) is 0 Å². The Morgan fingerprint density at radius 3 is 2.62 bits per heavy atom. The minimum absolute atomic E-state index is 0.0303. The van der Waals surface area contributed by atoms with Crippen LogP contribution in [0.2, 0.25) is 0 Å². The Kier molecular flexibility index (Phi) is 6.35. The van der Waals surface area contributed by atoms with Gasteiger partial charge in [-0.2, -0.15) is 0 Å². The molecule has 0 aliphatic heterocycles. The molecule has 0 spiro atoms. The molecule has 6 nitrogen and oxygen atoms in total. The van der Waals surface area contributed by atoms with Crippen molar-refractivity contribution in [3.63, 3.8) is 0 Å². The van der Waals surface area contributed by atoms with E-state index in [1.54, 1.807) is 13.4 Å². The maximum absolute atomic E-state index is 4.30.